The molecule has 0 unspecified atom stereocenters. The summed E-state index contributed by atoms with van der Waals surface area (Å²) in [6, 6.07) is 13.9. The smallest absolute Gasteiger partial charge is 0.246 e. The third kappa shape index (κ3) is 3.25. The molecule has 5 nitrogen and oxygen atoms in total. The third-order valence-electron chi connectivity index (χ3n) is 3.08. The molecule has 2 aromatic heterocycles. The van der Waals surface area contributed by atoms with Crippen LogP contribution in [0.3, 0.4) is 0 Å². The Labute approximate surface area is 123 Å². The Bertz CT molecular complexity index is 734. The summed E-state index contributed by atoms with van der Waals surface area (Å²) in [6.45, 7) is 4.48. The molecule has 0 fully saturated rings. The zero-order chi connectivity index (χ0) is 14.7. The highest BCUT2D eigenvalue weighted by Gasteiger charge is 2.09. The third-order valence-corrected chi connectivity index (χ3v) is 3.08. The van der Waals surface area contributed by atoms with Gasteiger partial charge in [-0.25, -0.2) is 4.98 Å². The number of rotatable bonds is 4. The summed E-state index contributed by atoms with van der Waals surface area (Å²) < 4.78 is 5.24. The van der Waals surface area contributed by atoms with Crippen LogP contribution >= 0.6 is 0 Å². The lowest BCUT2D eigenvalue weighted by atomic mass is 10.2. The van der Waals surface area contributed by atoms with Crippen molar-refractivity contribution in [3.8, 4) is 11.5 Å². The number of hydrogen-bond acceptors (Lipinski definition) is 5. The van der Waals surface area contributed by atoms with Gasteiger partial charge in [-0.1, -0.05) is 28.9 Å². The number of pyridine rings is 1. The van der Waals surface area contributed by atoms with E-state index in [1.54, 1.807) is 0 Å². The van der Waals surface area contributed by atoms with Gasteiger partial charge in [-0.05, 0) is 38.1 Å². The Morgan fingerprint density at radius 3 is 2.57 bits per heavy atom. The first-order valence-corrected chi connectivity index (χ1v) is 6.78. The van der Waals surface area contributed by atoms with Crippen molar-refractivity contribution in [3.05, 3.63) is 59.6 Å². The highest BCUT2D eigenvalue weighted by molar-refractivity contribution is 5.48. The minimum atomic E-state index is 0.488. The van der Waals surface area contributed by atoms with Crippen LogP contribution in [-0.4, -0.2) is 15.1 Å². The molecule has 2 heterocycles. The number of aryl methyl sites for hydroxylation is 2. The van der Waals surface area contributed by atoms with Crippen LogP contribution in [0.2, 0.25) is 0 Å². The first-order chi connectivity index (χ1) is 10.2. The van der Waals surface area contributed by atoms with Crippen LogP contribution in [0.5, 0.6) is 0 Å². The molecule has 0 aliphatic carbocycles. The normalized spacial score (nSPS) is 10.6. The molecule has 0 atom stereocenters. The Balaban J connectivity index is 1.69. The Morgan fingerprint density at radius 2 is 1.81 bits per heavy atom. The van der Waals surface area contributed by atoms with Crippen LogP contribution < -0.4 is 5.32 Å². The van der Waals surface area contributed by atoms with Crippen LogP contribution in [0, 0.1) is 13.8 Å². The van der Waals surface area contributed by atoms with E-state index in [0.29, 0.717) is 18.3 Å². The Kier molecular flexibility index (Phi) is 3.64. The lowest BCUT2D eigenvalue weighted by Crippen LogP contribution is -1.99. The van der Waals surface area contributed by atoms with Gasteiger partial charge in [-0.15, -0.1) is 0 Å². The van der Waals surface area contributed by atoms with Gasteiger partial charge in [0, 0.05) is 11.4 Å². The van der Waals surface area contributed by atoms with Gasteiger partial charge in [0.05, 0.1) is 6.54 Å². The Morgan fingerprint density at radius 1 is 1.00 bits per heavy atom. The molecule has 0 radical (unpaired) electrons. The molecule has 3 aromatic rings. The molecule has 0 aliphatic heterocycles. The maximum absolute atomic E-state index is 5.24. The van der Waals surface area contributed by atoms with Gasteiger partial charge in [0.1, 0.15) is 5.69 Å². The highest BCUT2D eigenvalue weighted by Crippen LogP contribution is 2.14. The summed E-state index contributed by atoms with van der Waals surface area (Å²) in [5.74, 6) is 1.05. The molecule has 3 rings (SSSR count). The molecule has 21 heavy (non-hydrogen) atoms. The van der Waals surface area contributed by atoms with Crippen LogP contribution in [0.1, 0.15) is 17.1 Å². The van der Waals surface area contributed by atoms with E-state index in [4.69, 9.17) is 4.52 Å². The predicted octanol–water partition coefficient (Wildman–Crippen LogP) is 3.36. The second kappa shape index (κ2) is 5.75. The van der Waals surface area contributed by atoms with E-state index in [0.717, 1.165) is 17.1 Å². The summed E-state index contributed by atoms with van der Waals surface area (Å²) >= 11 is 0. The Hall–Kier alpha value is -2.69. The van der Waals surface area contributed by atoms with Gasteiger partial charge in [0.2, 0.25) is 11.7 Å². The van der Waals surface area contributed by atoms with Gasteiger partial charge in [0.15, 0.2) is 0 Å². The minimum Gasteiger partial charge on any atom is -0.376 e. The van der Waals surface area contributed by atoms with E-state index in [2.05, 4.69) is 39.5 Å². The molecular formula is C16H16N4O. The number of anilines is 1. The zero-order valence-electron chi connectivity index (χ0n) is 12.0. The molecule has 0 saturated carbocycles. The molecule has 0 bridgehead atoms. The van der Waals surface area contributed by atoms with Crippen LogP contribution in [0.25, 0.3) is 11.5 Å². The second-order valence-electron chi connectivity index (χ2n) is 4.90. The fourth-order valence-corrected chi connectivity index (χ4v) is 1.95. The van der Waals surface area contributed by atoms with Gasteiger partial charge >= 0.3 is 0 Å². The summed E-state index contributed by atoms with van der Waals surface area (Å²) in [5, 5.41) is 7.21. The number of nitrogens with one attached hydrogen (secondary N) is 1. The van der Waals surface area contributed by atoms with Crippen molar-refractivity contribution in [3.63, 3.8) is 0 Å². The number of benzene rings is 1. The van der Waals surface area contributed by atoms with Crippen LogP contribution in [-0.2, 0) is 6.54 Å². The van der Waals surface area contributed by atoms with Crippen molar-refractivity contribution in [2.45, 2.75) is 20.4 Å². The molecule has 0 amide bonds. The SMILES string of the molecule is Cc1ccc(NCc2nc(-c3cccc(C)n3)no2)cc1. The number of nitrogens with zero attached hydrogens (tertiary/aromatic N) is 3. The summed E-state index contributed by atoms with van der Waals surface area (Å²) in [4.78, 5) is 8.73. The zero-order valence-corrected chi connectivity index (χ0v) is 12.0. The summed E-state index contributed by atoms with van der Waals surface area (Å²) in [5.41, 5.74) is 3.90. The lowest BCUT2D eigenvalue weighted by Gasteiger charge is -2.02. The van der Waals surface area contributed by atoms with Crippen LogP contribution in [0.4, 0.5) is 5.69 Å². The van der Waals surface area contributed by atoms with Gasteiger partial charge < -0.3 is 9.84 Å². The van der Waals surface area contributed by atoms with Gasteiger partial charge in [-0.2, -0.15) is 4.98 Å². The summed E-state index contributed by atoms with van der Waals surface area (Å²) in [6.07, 6.45) is 0. The monoisotopic (exact) mass is 280 g/mol. The minimum absolute atomic E-state index is 0.488. The van der Waals surface area contributed by atoms with Crippen molar-refractivity contribution in [2.24, 2.45) is 0 Å². The van der Waals surface area contributed by atoms with E-state index >= 15 is 0 Å². The topological polar surface area (TPSA) is 63.8 Å². The van der Waals surface area contributed by atoms with Crippen molar-refractivity contribution in [1.82, 2.24) is 15.1 Å². The van der Waals surface area contributed by atoms with E-state index in [1.165, 1.54) is 5.56 Å². The number of hydrogen-bond donors (Lipinski definition) is 1. The average molecular weight is 280 g/mol. The fourth-order valence-electron chi connectivity index (χ4n) is 1.95. The molecule has 1 aromatic carbocycles. The fraction of sp³-hybridized carbons (Fsp3) is 0.188. The second-order valence-corrected chi connectivity index (χ2v) is 4.90. The van der Waals surface area contributed by atoms with E-state index in [-0.39, 0.29) is 0 Å². The lowest BCUT2D eigenvalue weighted by molar-refractivity contribution is 0.384. The quantitative estimate of drug-likeness (QED) is 0.794. The number of aromatic nitrogens is 3. The first-order valence-electron chi connectivity index (χ1n) is 6.78. The van der Waals surface area contributed by atoms with E-state index < -0.39 is 0 Å². The largest absolute Gasteiger partial charge is 0.376 e. The molecule has 0 aliphatic rings. The molecule has 1 N–H and O–H groups in total. The van der Waals surface area contributed by atoms with Crippen LogP contribution in [0.15, 0.2) is 47.0 Å². The maximum atomic E-state index is 5.24. The average Bonchev–Trinajstić information content (AvgIpc) is 2.96. The first kappa shape index (κ1) is 13.3. The molecule has 0 saturated heterocycles. The standard InChI is InChI=1S/C16H16N4O/c1-11-6-8-13(9-7-11)17-10-15-19-16(20-21-15)14-5-3-4-12(2)18-14/h3-9,17H,10H2,1-2H3. The van der Waals surface area contributed by atoms with Gasteiger partial charge in [0.25, 0.3) is 0 Å². The molecule has 5 heteroatoms. The highest BCUT2D eigenvalue weighted by atomic mass is 16.5. The molecule has 0 spiro atoms. The van der Waals surface area contributed by atoms with Gasteiger partial charge in [-0.3, -0.25) is 0 Å². The van der Waals surface area contributed by atoms with Crippen molar-refractivity contribution in [2.75, 3.05) is 5.32 Å². The predicted molar refractivity (Wildman–Crippen MR) is 80.8 cm³/mol. The maximum Gasteiger partial charge on any atom is 0.246 e. The molecular weight excluding hydrogens is 264 g/mol. The molecule has 106 valence electrons. The van der Waals surface area contributed by atoms with Crippen molar-refractivity contribution < 1.29 is 4.52 Å². The van der Waals surface area contributed by atoms with Crippen molar-refractivity contribution in [1.29, 1.82) is 0 Å². The van der Waals surface area contributed by atoms with Crippen molar-refractivity contribution >= 4 is 5.69 Å². The summed E-state index contributed by atoms with van der Waals surface area (Å²) in [7, 11) is 0. The van der Waals surface area contributed by atoms with E-state index in [1.807, 2.05) is 37.3 Å². The van der Waals surface area contributed by atoms with E-state index in [9.17, 15) is 0 Å².